The summed E-state index contributed by atoms with van der Waals surface area (Å²) in [5.41, 5.74) is 0.706. The number of unbranched alkanes of at least 4 members (excludes halogenated alkanes) is 3. The van der Waals surface area contributed by atoms with Gasteiger partial charge in [0.05, 0.1) is 13.2 Å². The lowest BCUT2D eigenvalue weighted by atomic mass is 9.94. The minimum atomic E-state index is -0.849. The van der Waals surface area contributed by atoms with Crippen LogP contribution >= 0.6 is 11.6 Å². The summed E-state index contributed by atoms with van der Waals surface area (Å²) < 4.78 is 17.9. The molecule has 2 amide bonds. The van der Waals surface area contributed by atoms with E-state index in [0.717, 1.165) is 44.3 Å². The maximum atomic E-state index is 13.8. The highest BCUT2D eigenvalue weighted by Crippen LogP contribution is 2.32. The van der Waals surface area contributed by atoms with Crippen LogP contribution in [0.4, 0.5) is 0 Å². The Morgan fingerprint density at radius 2 is 1.77 bits per heavy atom. The highest BCUT2D eigenvalue weighted by Gasteiger charge is 2.35. The number of amides is 2. The average Bonchev–Trinajstić information content (AvgIpc) is 2.97. The maximum absolute atomic E-state index is 13.8. The molecular weight excluding hydrogens is 516 g/mol. The van der Waals surface area contributed by atoms with Crippen LogP contribution in [-0.2, 0) is 9.59 Å². The highest BCUT2D eigenvalue weighted by atomic mass is 35.5. The van der Waals surface area contributed by atoms with E-state index in [2.05, 4.69) is 12.2 Å². The van der Waals surface area contributed by atoms with Crippen molar-refractivity contribution in [3.63, 3.8) is 0 Å². The summed E-state index contributed by atoms with van der Waals surface area (Å²) in [6, 6.07) is 14.2. The number of hydrogen-bond acceptors (Lipinski definition) is 5. The van der Waals surface area contributed by atoms with Gasteiger partial charge in [-0.1, -0.05) is 69.7 Å². The van der Waals surface area contributed by atoms with Crippen molar-refractivity contribution in [1.29, 1.82) is 0 Å². The fraction of sp³-hybridized carbons (Fsp3) is 0.548. The summed E-state index contributed by atoms with van der Waals surface area (Å²) in [7, 11) is 0. The van der Waals surface area contributed by atoms with E-state index in [1.807, 2.05) is 48.5 Å². The first-order valence-corrected chi connectivity index (χ1v) is 14.9. The van der Waals surface area contributed by atoms with E-state index in [1.165, 1.54) is 24.2 Å². The number of benzene rings is 2. The molecule has 0 unspecified atom stereocenters. The summed E-state index contributed by atoms with van der Waals surface area (Å²) in [6.07, 6.45) is 9.36. The second kappa shape index (κ2) is 15.0. The van der Waals surface area contributed by atoms with Crippen molar-refractivity contribution in [2.75, 3.05) is 25.6 Å². The number of carbonyl (C=O) groups excluding carboxylic acids is 2. The van der Waals surface area contributed by atoms with Crippen LogP contribution in [0.3, 0.4) is 0 Å². The Morgan fingerprint density at radius 1 is 1.03 bits per heavy atom. The van der Waals surface area contributed by atoms with Crippen molar-refractivity contribution in [2.45, 2.75) is 82.9 Å². The van der Waals surface area contributed by atoms with Crippen molar-refractivity contribution in [2.24, 2.45) is 0 Å². The predicted molar refractivity (Wildman–Crippen MR) is 153 cm³/mol. The molecule has 39 heavy (non-hydrogen) atoms. The van der Waals surface area contributed by atoms with Gasteiger partial charge in [-0.2, -0.15) is 0 Å². The minimum absolute atomic E-state index is 0.105. The number of carbonyl (C=O) groups is 2. The zero-order valence-electron chi connectivity index (χ0n) is 22.9. The van der Waals surface area contributed by atoms with Crippen molar-refractivity contribution < 1.29 is 23.8 Å². The highest BCUT2D eigenvalue weighted by molar-refractivity contribution is 6.27. The molecule has 2 aliphatic rings. The summed E-state index contributed by atoms with van der Waals surface area (Å²) in [4.78, 5) is 28.6. The number of hydrogen-bond donors (Lipinski definition) is 1. The van der Waals surface area contributed by atoms with E-state index < -0.39 is 12.1 Å². The fourth-order valence-electron chi connectivity index (χ4n) is 5.27. The lowest BCUT2D eigenvalue weighted by molar-refractivity contribution is -0.141. The maximum Gasteiger partial charge on any atom is 0.247 e. The van der Waals surface area contributed by atoms with Gasteiger partial charge in [-0.3, -0.25) is 9.59 Å². The zero-order valence-corrected chi connectivity index (χ0v) is 23.7. The molecule has 2 atom stereocenters. The van der Waals surface area contributed by atoms with Crippen LogP contribution < -0.4 is 19.5 Å². The summed E-state index contributed by atoms with van der Waals surface area (Å²) in [5, 5.41) is 3.22. The minimum Gasteiger partial charge on any atom is -0.494 e. The number of rotatable bonds is 13. The van der Waals surface area contributed by atoms with Crippen molar-refractivity contribution >= 4 is 23.4 Å². The van der Waals surface area contributed by atoms with Crippen LogP contribution in [0.5, 0.6) is 17.2 Å². The molecule has 2 aromatic carbocycles. The molecule has 1 aliphatic heterocycles. The third kappa shape index (κ3) is 8.28. The second-order valence-corrected chi connectivity index (χ2v) is 10.7. The van der Waals surface area contributed by atoms with Gasteiger partial charge in [-0.25, -0.2) is 0 Å². The molecule has 1 saturated carbocycles. The van der Waals surface area contributed by atoms with Crippen molar-refractivity contribution in [3.05, 3.63) is 54.1 Å². The number of halogens is 1. The lowest BCUT2D eigenvalue weighted by Gasteiger charge is -2.36. The van der Waals surface area contributed by atoms with Gasteiger partial charge in [0.2, 0.25) is 11.8 Å². The molecule has 1 aliphatic carbocycles. The number of para-hydroxylation sites is 2. The quantitative estimate of drug-likeness (QED) is 0.240. The van der Waals surface area contributed by atoms with Gasteiger partial charge >= 0.3 is 0 Å². The standard InChI is InChI=1S/C31H41ClN2O5/c1-2-3-4-10-19-37-25-17-15-23(16-18-25)30(31(36)33-24-11-6-5-7-12-24)34(29(35)20-32)21-26-22-38-27-13-8-9-14-28(27)39-26/h8-9,13-18,24,26,30H,2-7,10-12,19-22H2,1H3,(H,33,36)/t26-,30-/m1/s1. The van der Waals surface area contributed by atoms with Crippen LogP contribution in [-0.4, -0.2) is 54.5 Å². The van der Waals surface area contributed by atoms with E-state index >= 15 is 0 Å². The Morgan fingerprint density at radius 3 is 2.49 bits per heavy atom. The molecule has 0 aromatic heterocycles. The summed E-state index contributed by atoms with van der Waals surface area (Å²) in [5.74, 6) is 1.26. The normalized spacial score (nSPS) is 17.7. The van der Waals surface area contributed by atoms with Crippen molar-refractivity contribution in [3.8, 4) is 17.2 Å². The second-order valence-electron chi connectivity index (χ2n) is 10.4. The molecule has 0 spiro atoms. The number of alkyl halides is 1. The first-order valence-electron chi connectivity index (χ1n) is 14.4. The molecule has 0 radical (unpaired) electrons. The van der Waals surface area contributed by atoms with Crippen LogP contribution in [0.15, 0.2) is 48.5 Å². The Labute approximate surface area is 237 Å². The molecule has 0 bridgehead atoms. The Balaban J connectivity index is 1.53. The topological polar surface area (TPSA) is 77.1 Å². The van der Waals surface area contributed by atoms with E-state index in [9.17, 15) is 9.59 Å². The monoisotopic (exact) mass is 556 g/mol. The first kappa shape index (κ1) is 29.1. The number of nitrogens with zero attached hydrogens (tertiary/aromatic N) is 1. The Kier molecular flexibility index (Phi) is 11.2. The van der Waals surface area contributed by atoms with Crippen LogP contribution in [0, 0.1) is 0 Å². The molecule has 7 nitrogen and oxygen atoms in total. The lowest BCUT2D eigenvalue weighted by Crippen LogP contribution is -2.51. The fourth-order valence-corrected chi connectivity index (χ4v) is 5.42. The molecule has 1 fully saturated rings. The molecule has 1 heterocycles. The van der Waals surface area contributed by atoms with Gasteiger partial charge in [0.1, 0.15) is 24.3 Å². The number of fused-ring (bicyclic) bond motifs is 1. The molecular formula is C31H41ClN2O5. The average molecular weight is 557 g/mol. The van der Waals surface area contributed by atoms with E-state index in [-0.39, 0.29) is 36.9 Å². The number of ether oxygens (including phenoxy) is 3. The van der Waals surface area contributed by atoms with Crippen LogP contribution in [0.25, 0.3) is 0 Å². The molecule has 4 rings (SSSR count). The summed E-state index contributed by atoms with van der Waals surface area (Å²) >= 11 is 6.08. The van der Waals surface area contributed by atoms with Gasteiger partial charge in [-0.15, -0.1) is 11.6 Å². The largest absolute Gasteiger partial charge is 0.494 e. The van der Waals surface area contributed by atoms with E-state index in [4.69, 9.17) is 25.8 Å². The van der Waals surface area contributed by atoms with Crippen LogP contribution in [0.2, 0.25) is 0 Å². The van der Waals surface area contributed by atoms with Crippen LogP contribution in [0.1, 0.15) is 76.3 Å². The summed E-state index contributed by atoms with van der Waals surface area (Å²) in [6.45, 7) is 3.27. The van der Waals surface area contributed by atoms with E-state index in [0.29, 0.717) is 23.7 Å². The van der Waals surface area contributed by atoms with Gasteiger partial charge in [0, 0.05) is 6.04 Å². The molecule has 8 heteroatoms. The molecule has 1 N–H and O–H groups in total. The van der Waals surface area contributed by atoms with Gasteiger partial charge < -0.3 is 24.4 Å². The van der Waals surface area contributed by atoms with Gasteiger partial charge in [0.25, 0.3) is 0 Å². The first-order chi connectivity index (χ1) is 19.1. The Bertz CT molecular complexity index is 1060. The zero-order chi connectivity index (χ0) is 27.5. The Hall–Kier alpha value is -2.93. The van der Waals surface area contributed by atoms with E-state index in [1.54, 1.807) is 0 Å². The van der Waals surface area contributed by atoms with Gasteiger partial charge in [-0.05, 0) is 49.1 Å². The number of nitrogens with one attached hydrogen (secondary N) is 1. The molecule has 212 valence electrons. The molecule has 0 saturated heterocycles. The molecule has 2 aromatic rings. The third-order valence-electron chi connectivity index (χ3n) is 7.38. The predicted octanol–water partition coefficient (Wildman–Crippen LogP) is 6.04. The SMILES string of the molecule is CCCCCCOc1ccc([C@H](C(=O)NC2CCCCC2)N(C[C@@H]2COc3ccccc3O2)C(=O)CCl)cc1. The smallest absolute Gasteiger partial charge is 0.247 e. The third-order valence-corrected chi connectivity index (χ3v) is 7.61. The van der Waals surface area contributed by atoms with Crippen molar-refractivity contribution in [1.82, 2.24) is 10.2 Å². The van der Waals surface area contributed by atoms with Gasteiger partial charge in [0.15, 0.2) is 17.6 Å².